The molecule has 0 radical (unpaired) electrons. The first kappa shape index (κ1) is 13.0. The summed E-state index contributed by atoms with van der Waals surface area (Å²) < 4.78 is 10.8. The molecule has 1 atom stereocenters. The van der Waals surface area contributed by atoms with Gasteiger partial charge in [-0.2, -0.15) is 0 Å². The van der Waals surface area contributed by atoms with E-state index in [1.165, 1.54) is 7.11 Å². The molecule has 0 bridgehead atoms. The highest BCUT2D eigenvalue weighted by Crippen LogP contribution is 2.30. The topological polar surface area (TPSA) is 35.5 Å². The third-order valence-corrected chi connectivity index (χ3v) is 3.10. The van der Waals surface area contributed by atoms with Crippen LogP contribution in [0.5, 0.6) is 5.75 Å². The molecule has 3 nitrogen and oxygen atoms in total. The molecule has 0 amide bonds. The summed E-state index contributed by atoms with van der Waals surface area (Å²) >= 11 is 3.39. The Bertz CT molecular complexity index is 377. The van der Waals surface area contributed by atoms with Crippen molar-refractivity contribution in [2.24, 2.45) is 0 Å². The smallest absolute Gasteiger partial charge is 0.306 e. The van der Waals surface area contributed by atoms with Crippen molar-refractivity contribution in [3.8, 4) is 5.75 Å². The van der Waals surface area contributed by atoms with Gasteiger partial charge in [-0.3, -0.25) is 4.79 Å². The lowest BCUT2D eigenvalue weighted by atomic mass is 9.98. The zero-order chi connectivity index (χ0) is 12.1. The average molecular weight is 287 g/mol. The average Bonchev–Trinajstić information content (AvgIpc) is 2.29. The van der Waals surface area contributed by atoms with Crippen LogP contribution in [-0.2, 0) is 9.53 Å². The lowest BCUT2D eigenvalue weighted by Crippen LogP contribution is -2.06. The highest BCUT2D eigenvalue weighted by atomic mass is 79.9. The molecule has 1 unspecified atom stereocenters. The normalized spacial score (nSPS) is 12.0. The second kappa shape index (κ2) is 5.89. The highest BCUT2D eigenvalue weighted by molar-refractivity contribution is 9.10. The van der Waals surface area contributed by atoms with Gasteiger partial charge >= 0.3 is 5.97 Å². The molecule has 1 aromatic carbocycles. The van der Waals surface area contributed by atoms with Crippen LogP contribution in [0.3, 0.4) is 0 Å². The Labute approximate surface area is 104 Å². The molecule has 0 fully saturated rings. The molecule has 16 heavy (non-hydrogen) atoms. The van der Waals surface area contributed by atoms with E-state index in [0.29, 0.717) is 6.42 Å². The molecule has 88 valence electrons. The van der Waals surface area contributed by atoms with E-state index in [-0.39, 0.29) is 11.9 Å². The molecule has 0 N–H and O–H groups in total. The number of carbonyl (C=O) groups is 1. The van der Waals surface area contributed by atoms with Gasteiger partial charge in [-0.15, -0.1) is 0 Å². The van der Waals surface area contributed by atoms with Gasteiger partial charge in [0.05, 0.1) is 25.1 Å². The van der Waals surface area contributed by atoms with Gasteiger partial charge in [-0.1, -0.05) is 13.0 Å². The largest absolute Gasteiger partial charge is 0.496 e. The molecule has 4 heteroatoms. The molecule has 0 aromatic heterocycles. The monoisotopic (exact) mass is 286 g/mol. The van der Waals surface area contributed by atoms with Crippen LogP contribution in [0.25, 0.3) is 0 Å². The van der Waals surface area contributed by atoms with E-state index in [9.17, 15) is 4.79 Å². The predicted octanol–water partition coefficient (Wildman–Crippen LogP) is 3.12. The van der Waals surface area contributed by atoms with Crippen molar-refractivity contribution in [2.75, 3.05) is 14.2 Å². The second-order valence-corrected chi connectivity index (χ2v) is 4.43. The zero-order valence-electron chi connectivity index (χ0n) is 9.62. The van der Waals surface area contributed by atoms with E-state index in [1.54, 1.807) is 7.11 Å². The van der Waals surface area contributed by atoms with Crippen molar-refractivity contribution in [3.05, 3.63) is 28.2 Å². The molecular weight excluding hydrogens is 272 g/mol. The zero-order valence-corrected chi connectivity index (χ0v) is 11.2. The summed E-state index contributed by atoms with van der Waals surface area (Å²) in [6, 6.07) is 5.82. The highest BCUT2D eigenvalue weighted by Gasteiger charge is 2.13. The number of carbonyl (C=O) groups excluding carboxylic acids is 1. The lowest BCUT2D eigenvalue weighted by molar-refractivity contribution is -0.140. The van der Waals surface area contributed by atoms with Crippen LogP contribution >= 0.6 is 15.9 Å². The minimum atomic E-state index is -0.200. The van der Waals surface area contributed by atoms with Gasteiger partial charge in [0.1, 0.15) is 5.75 Å². The van der Waals surface area contributed by atoms with Gasteiger partial charge in [0.2, 0.25) is 0 Å². The van der Waals surface area contributed by atoms with Crippen LogP contribution < -0.4 is 4.74 Å². The molecule has 0 saturated carbocycles. The van der Waals surface area contributed by atoms with Crippen molar-refractivity contribution >= 4 is 21.9 Å². The number of halogens is 1. The fourth-order valence-corrected chi connectivity index (χ4v) is 1.84. The maximum atomic E-state index is 11.2. The minimum Gasteiger partial charge on any atom is -0.496 e. The fourth-order valence-electron chi connectivity index (χ4n) is 1.43. The van der Waals surface area contributed by atoms with Gasteiger partial charge in [0.25, 0.3) is 0 Å². The second-order valence-electron chi connectivity index (χ2n) is 3.58. The van der Waals surface area contributed by atoms with Crippen molar-refractivity contribution in [2.45, 2.75) is 19.3 Å². The van der Waals surface area contributed by atoms with Crippen LogP contribution in [0, 0.1) is 0 Å². The van der Waals surface area contributed by atoms with E-state index in [2.05, 4.69) is 20.7 Å². The Balaban J connectivity index is 2.83. The Morgan fingerprint density at radius 2 is 2.12 bits per heavy atom. The molecule has 0 saturated heterocycles. The fraction of sp³-hybridized carbons (Fsp3) is 0.417. The number of benzene rings is 1. The van der Waals surface area contributed by atoms with Crippen LogP contribution in [0.15, 0.2) is 22.7 Å². The van der Waals surface area contributed by atoms with E-state index < -0.39 is 0 Å². The third kappa shape index (κ3) is 3.23. The molecule has 0 heterocycles. The first-order chi connectivity index (χ1) is 7.58. The number of esters is 1. The molecule has 0 spiro atoms. The number of methoxy groups -OCH3 is 2. The van der Waals surface area contributed by atoms with E-state index in [0.717, 1.165) is 15.8 Å². The van der Waals surface area contributed by atoms with Crippen molar-refractivity contribution in [1.29, 1.82) is 0 Å². The quantitative estimate of drug-likeness (QED) is 0.798. The van der Waals surface area contributed by atoms with Gasteiger partial charge in [-0.05, 0) is 39.5 Å². The Morgan fingerprint density at radius 3 is 2.69 bits per heavy atom. The third-order valence-electron chi connectivity index (χ3n) is 2.44. The number of rotatable bonds is 4. The van der Waals surface area contributed by atoms with Crippen molar-refractivity contribution in [3.63, 3.8) is 0 Å². The summed E-state index contributed by atoms with van der Waals surface area (Å²) in [5.74, 6) is 0.693. The van der Waals surface area contributed by atoms with E-state index >= 15 is 0 Å². The summed E-state index contributed by atoms with van der Waals surface area (Å²) in [5.41, 5.74) is 1.06. The molecule has 0 aliphatic carbocycles. The minimum absolute atomic E-state index is 0.120. The molecule has 0 aliphatic heterocycles. The SMILES string of the molecule is COC(=O)CC(C)c1ccc(Br)c(OC)c1. The molecule has 0 aliphatic rings. The molecule has 1 rings (SSSR count). The van der Waals surface area contributed by atoms with E-state index in [4.69, 9.17) is 4.74 Å². The van der Waals surface area contributed by atoms with Crippen LogP contribution in [-0.4, -0.2) is 20.2 Å². The summed E-state index contributed by atoms with van der Waals surface area (Å²) in [6.07, 6.45) is 0.376. The molecule has 1 aromatic rings. The maximum Gasteiger partial charge on any atom is 0.306 e. The summed E-state index contributed by atoms with van der Waals surface area (Å²) in [7, 11) is 3.02. The predicted molar refractivity (Wildman–Crippen MR) is 65.7 cm³/mol. The number of ether oxygens (including phenoxy) is 2. The summed E-state index contributed by atoms with van der Waals surface area (Å²) in [4.78, 5) is 11.2. The van der Waals surface area contributed by atoms with Gasteiger partial charge in [-0.25, -0.2) is 0 Å². The van der Waals surface area contributed by atoms with E-state index in [1.807, 2.05) is 25.1 Å². The van der Waals surface area contributed by atoms with Gasteiger partial charge in [0.15, 0.2) is 0 Å². The Kier molecular flexibility index (Phi) is 4.80. The van der Waals surface area contributed by atoms with Gasteiger partial charge in [0, 0.05) is 0 Å². The summed E-state index contributed by atoms with van der Waals surface area (Å²) in [5, 5.41) is 0. The first-order valence-electron chi connectivity index (χ1n) is 4.98. The van der Waals surface area contributed by atoms with Crippen LogP contribution in [0.1, 0.15) is 24.8 Å². The van der Waals surface area contributed by atoms with Crippen LogP contribution in [0.4, 0.5) is 0 Å². The summed E-state index contributed by atoms with van der Waals surface area (Å²) in [6.45, 7) is 1.99. The molecular formula is C12H15BrO3. The number of hydrogen-bond donors (Lipinski definition) is 0. The van der Waals surface area contributed by atoms with Crippen molar-refractivity contribution in [1.82, 2.24) is 0 Å². The maximum absolute atomic E-state index is 11.2. The lowest BCUT2D eigenvalue weighted by Gasteiger charge is -2.12. The van der Waals surface area contributed by atoms with Crippen LogP contribution in [0.2, 0.25) is 0 Å². The first-order valence-corrected chi connectivity index (χ1v) is 5.78. The van der Waals surface area contributed by atoms with Gasteiger partial charge < -0.3 is 9.47 Å². The van der Waals surface area contributed by atoms with Crippen molar-refractivity contribution < 1.29 is 14.3 Å². The standard InChI is InChI=1S/C12H15BrO3/c1-8(6-12(14)16-3)9-4-5-10(13)11(7-9)15-2/h4-5,7-8H,6H2,1-3H3. The Morgan fingerprint density at radius 1 is 1.44 bits per heavy atom. The number of hydrogen-bond acceptors (Lipinski definition) is 3. The Hall–Kier alpha value is -1.03.